The highest BCUT2D eigenvalue weighted by molar-refractivity contribution is 8.13. The van der Waals surface area contributed by atoms with Crippen molar-refractivity contribution in [2.45, 2.75) is 32.6 Å². The Kier molecular flexibility index (Phi) is 5.39. The average Bonchev–Trinajstić information content (AvgIpc) is 2.44. The molecule has 1 unspecified atom stereocenters. The Labute approximate surface area is 129 Å². The topological polar surface area (TPSA) is 55.7 Å². The van der Waals surface area contributed by atoms with Gasteiger partial charge in [0.15, 0.2) is 0 Å². The highest BCUT2D eigenvalue weighted by atomic mass is 32.2. The lowest BCUT2D eigenvalue weighted by molar-refractivity contribution is -0.135. The Morgan fingerprint density at radius 2 is 2.14 bits per heavy atom. The summed E-state index contributed by atoms with van der Waals surface area (Å²) in [6.45, 7) is 1.91. The average molecular weight is 307 g/mol. The SMILES string of the molecule is COC(=O)C1=CC(=NC(=O)SC)C(CC2CCC2)C=C1C. The number of hydrogen-bond donors (Lipinski definition) is 0. The maximum atomic E-state index is 11.8. The lowest BCUT2D eigenvalue weighted by Crippen LogP contribution is -2.24. The number of amides is 1. The zero-order valence-corrected chi connectivity index (χ0v) is 13.5. The number of aliphatic imine (C=N–C) groups is 1. The molecule has 5 heteroatoms. The van der Waals surface area contributed by atoms with Gasteiger partial charge in [0.25, 0.3) is 0 Å². The third kappa shape index (κ3) is 3.84. The van der Waals surface area contributed by atoms with Crippen LogP contribution in [0, 0.1) is 11.8 Å². The molecular weight excluding hydrogens is 286 g/mol. The van der Waals surface area contributed by atoms with Crippen molar-refractivity contribution in [2.24, 2.45) is 16.8 Å². The van der Waals surface area contributed by atoms with Gasteiger partial charge in [-0.05, 0) is 37.2 Å². The van der Waals surface area contributed by atoms with E-state index in [0.29, 0.717) is 17.2 Å². The van der Waals surface area contributed by atoms with Crippen molar-refractivity contribution in [1.82, 2.24) is 0 Å². The molecule has 0 bridgehead atoms. The Bertz CT molecular complexity index is 530. The molecule has 2 aliphatic rings. The summed E-state index contributed by atoms with van der Waals surface area (Å²) in [7, 11) is 1.36. The van der Waals surface area contributed by atoms with Crippen molar-refractivity contribution in [2.75, 3.05) is 13.4 Å². The molecule has 0 heterocycles. The maximum Gasteiger partial charge on any atom is 0.338 e. The normalized spacial score (nSPS) is 24.1. The minimum atomic E-state index is -0.379. The van der Waals surface area contributed by atoms with E-state index in [1.54, 1.807) is 12.3 Å². The van der Waals surface area contributed by atoms with E-state index in [0.717, 1.165) is 23.8 Å². The quantitative estimate of drug-likeness (QED) is 0.745. The molecule has 1 amide bonds. The van der Waals surface area contributed by atoms with Crippen molar-refractivity contribution >= 4 is 28.7 Å². The van der Waals surface area contributed by atoms with Crippen molar-refractivity contribution in [3.05, 3.63) is 23.3 Å². The first-order valence-corrected chi connectivity index (χ1v) is 8.43. The van der Waals surface area contributed by atoms with Crippen LogP contribution in [0.25, 0.3) is 0 Å². The molecule has 2 aliphatic carbocycles. The van der Waals surface area contributed by atoms with Crippen molar-refractivity contribution in [1.29, 1.82) is 0 Å². The van der Waals surface area contributed by atoms with Crippen molar-refractivity contribution in [3.63, 3.8) is 0 Å². The number of rotatable bonds is 3. The Balaban J connectivity index is 2.27. The first-order chi connectivity index (χ1) is 10.0. The van der Waals surface area contributed by atoms with Crippen LogP contribution < -0.4 is 0 Å². The molecule has 0 spiro atoms. The van der Waals surface area contributed by atoms with E-state index in [1.165, 1.54) is 26.4 Å². The molecule has 1 fully saturated rings. The van der Waals surface area contributed by atoms with E-state index in [2.05, 4.69) is 11.1 Å². The molecule has 2 rings (SSSR count). The fraction of sp³-hybridized carbons (Fsp3) is 0.562. The fourth-order valence-corrected chi connectivity index (χ4v) is 2.91. The largest absolute Gasteiger partial charge is 0.465 e. The summed E-state index contributed by atoms with van der Waals surface area (Å²) in [5.41, 5.74) is 2.09. The molecular formula is C16H21NO3S. The molecule has 0 radical (unpaired) electrons. The number of ether oxygens (including phenoxy) is 1. The number of methoxy groups -OCH3 is 1. The molecule has 0 aromatic carbocycles. The molecule has 21 heavy (non-hydrogen) atoms. The standard InChI is InChI=1S/C16H21NO3S/c1-10-7-12(8-11-5-4-6-11)14(17-16(19)21-3)9-13(10)15(18)20-2/h7,9,11-12H,4-6,8H2,1-3H3. The van der Waals surface area contributed by atoms with Gasteiger partial charge in [0.2, 0.25) is 0 Å². The van der Waals surface area contributed by atoms with Crippen molar-refractivity contribution in [3.8, 4) is 0 Å². The molecule has 1 atom stereocenters. The number of carbonyl (C=O) groups excluding carboxylic acids is 2. The van der Waals surface area contributed by atoms with Crippen LogP contribution in [-0.2, 0) is 9.53 Å². The summed E-state index contributed by atoms with van der Waals surface area (Å²) >= 11 is 1.08. The van der Waals surface area contributed by atoms with E-state index in [-0.39, 0.29) is 17.1 Å². The predicted molar refractivity (Wildman–Crippen MR) is 85.7 cm³/mol. The molecule has 4 nitrogen and oxygen atoms in total. The van der Waals surface area contributed by atoms with Crippen LogP contribution in [-0.4, -0.2) is 30.3 Å². The highest BCUT2D eigenvalue weighted by Crippen LogP contribution is 2.35. The summed E-state index contributed by atoms with van der Waals surface area (Å²) in [6.07, 6.45) is 10.3. The molecule has 114 valence electrons. The van der Waals surface area contributed by atoms with Gasteiger partial charge in [-0.2, -0.15) is 0 Å². The molecule has 0 aliphatic heterocycles. The summed E-state index contributed by atoms with van der Waals surface area (Å²) in [6, 6.07) is 0. The Morgan fingerprint density at radius 3 is 2.67 bits per heavy atom. The van der Waals surface area contributed by atoms with Gasteiger partial charge in [0.1, 0.15) is 0 Å². The van der Waals surface area contributed by atoms with Crippen LogP contribution in [0.3, 0.4) is 0 Å². The number of carbonyl (C=O) groups is 2. The van der Waals surface area contributed by atoms with Crippen LogP contribution in [0.15, 0.2) is 28.3 Å². The van der Waals surface area contributed by atoms with E-state index in [1.807, 2.05) is 6.92 Å². The third-order valence-electron chi connectivity index (χ3n) is 4.16. The van der Waals surface area contributed by atoms with Gasteiger partial charge < -0.3 is 4.74 Å². The van der Waals surface area contributed by atoms with Crippen LogP contribution >= 0.6 is 11.8 Å². The van der Waals surface area contributed by atoms with Gasteiger partial charge in [-0.15, -0.1) is 0 Å². The van der Waals surface area contributed by atoms with Gasteiger partial charge in [-0.3, -0.25) is 4.79 Å². The smallest absolute Gasteiger partial charge is 0.338 e. The Hall–Kier alpha value is -1.36. The molecule has 0 saturated heterocycles. The lowest BCUT2D eigenvalue weighted by atomic mass is 9.75. The minimum absolute atomic E-state index is 0.125. The number of esters is 1. The van der Waals surface area contributed by atoms with Gasteiger partial charge in [0, 0.05) is 5.92 Å². The zero-order valence-electron chi connectivity index (χ0n) is 12.7. The summed E-state index contributed by atoms with van der Waals surface area (Å²) in [5.74, 6) is 0.455. The third-order valence-corrected chi connectivity index (χ3v) is 4.60. The number of hydrogen-bond acceptors (Lipinski definition) is 4. The molecule has 0 aromatic rings. The maximum absolute atomic E-state index is 11.8. The second-order valence-corrected chi connectivity index (χ2v) is 6.30. The van der Waals surface area contributed by atoms with Gasteiger partial charge in [-0.25, -0.2) is 9.79 Å². The zero-order chi connectivity index (χ0) is 15.4. The van der Waals surface area contributed by atoms with E-state index in [4.69, 9.17) is 4.74 Å². The van der Waals surface area contributed by atoms with E-state index >= 15 is 0 Å². The van der Waals surface area contributed by atoms with Crippen molar-refractivity contribution < 1.29 is 14.3 Å². The number of thioether (sulfide) groups is 1. The first-order valence-electron chi connectivity index (χ1n) is 7.20. The van der Waals surface area contributed by atoms with Gasteiger partial charge >= 0.3 is 11.2 Å². The predicted octanol–water partition coefficient (Wildman–Crippen LogP) is 3.78. The van der Waals surface area contributed by atoms with Gasteiger partial charge in [0.05, 0.1) is 18.4 Å². The van der Waals surface area contributed by atoms with E-state index < -0.39 is 0 Å². The molecule has 0 aromatic heterocycles. The van der Waals surface area contributed by atoms with Crippen LogP contribution in [0.1, 0.15) is 32.6 Å². The summed E-state index contributed by atoms with van der Waals surface area (Å²) in [4.78, 5) is 27.6. The van der Waals surface area contributed by atoms with Gasteiger partial charge in [-0.1, -0.05) is 37.1 Å². The second-order valence-electron chi connectivity index (χ2n) is 5.55. The minimum Gasteiger partial charge on any atom is -0.465 e. The van der Waals surface area contributed by atoms with Crippen LogP contribution in [0.5, 0.6) is 0 Å². The van der Waals surface area contributed by atoms with Crippen LogP contribution in [0.2, 0.25) is 0 Å². The lowest BCUT2D eigenvalue weighted by Gasteiger charge is -2.30. The second kappa shape index (κ2) is 7.07. The monoisotopic (exact) mass is 307 g/mol. The summed E-state index contributed by atoms with van der Waals surface area (Å²) < 4.78 is 4.80. The fourth-order valence-electron chi connectivity index (χ4n) is 2.72. The first kappa shape index (κ1) is 16.0. The number of nitrogens with zero attached hydrogens (tertiary/aromatic N) is 1. The summed E-state index contributed by atoms with van der Waals surface area (Å²) in [5, 5.41) is -0.225. The van der Waals surface area contributed by atoms with E-state index in [9.17, 15) is 9.59 Å². The highest BCUT2D eigenvalue weighted by Gasteiger charge is 2.28. The Morgan fingerprint density at radius 1 is 1.43 bits per heavy atom. The van der Waals surface area contributed by atoms with Crippen LogP contribution in [0.4, 0.5) is 4.79 Å². The number of allylic oxidation sites excluding steroid dienone is 2. The molecule has 1 saturated carbocycles. The molecule has 0 N–H and O–H groups in total.